The first kappa shape index (κ1) is 28.1. The van der Waals surface area contributed by atoms with Crippen molar-refractivity contribution in [1.29, 1.82) is 0 Å². The second kappa shape index (κ2) is 11.2. The Hall–Kier alpha value is -3.42. The molecule has 1 saturated carbocycles. The fourth-order valence-corrected chi connectivity index (χ4v) is 10.5. The number of hydrogen-bond donors (Lipinski definition) is 1. The molecule has 1 unspecified atom stereocenters. The van der Waals surface area contributed by atoms with Gasteiger partial charge in [0.15, 0.2) is 0 Å². The molecule has 8 rings (SSSR count). The van der Waals surface area contributed by atoms with Crippen molar-refractivity contribution in [3.8, 4) is 0 Å². The lowest BCUT2D eigenvalue weighted by Crippen LogP contribution is -2.60. The van der Waals surface area contributed by atoms with Crippen LogP contribution in [0.15, 0.2) is 119 Å². The van der Waals surface area contributed by atoms with Crippen LogP contribution in [0.1, 0.15) is 59.3 Å². The molecule has 1 aromatic heterocycles. The van der Waals surface area contributed by atoms with E-state index in [0.29, 0.717) is 12.8 Å². The standard InChI is InChI=1S/C38H36N2O2S2/c1-39-36(34-24-26-15-5-8-19-31(26)43-34)40(30(37(39)41)23-25-13-3-2-4-14-25)38(42)22-12-11-18-29(38)35-27-16-6-9-20-32(27)44-33-21-10-7-17-28(33)35/h2-10,13-17,19-21,24,29-30,35-36,42H,11-12,18,22-23H2,1H3/t29-,30+,36-,38?/m1/s1. The number of thiophene rings is 1. The van der Waals surface area contributed by atoms with E-state index < -0.39 is 11.8 Å². The summed E-state index contributed by atoms with van der Waals surface area (Å²) in [6, 6.07) is 37.9. The molecular weight excluding hydrogens is 581 g/mol. The third kappa shape index (κ3) is 4.54. The molecule has 6 heteroatoms. The van der Waals surface area contributed by atoms with E-state index in [0.717, 1.165) is 29.7 Å². The molecule has 2 fully saturated rings. The first-order valence-corrected chi connectivity index (χ1v) is 17.3. The molecule has 0 spiro atoms. The van der Waals surface area contributed by atoms with Crippen molar-refractivity contribution in [2.24, 2.45) is 5.92 Å². The van der Waals surface area contributed by atoms with E-state index in [1.54, 1.807) is 11.3 Å². The molecule has 1 N–H and O–H groups in total. The van der Waals surface area contributed by atoms with E-state index in [2.05, 4.69) is 95.9 Å². The molecule has 3 heterocycles. The fourth-order valence-electron chi connectivity index (χ4n) is 8.09. The average Bonchev–Trinajstić information content (AvgIpc) is 3.59. The summed E-state index contributed by atoms with van der Waals surface area (Å²) in [6.45, 7) is 0. The maximum absolute atomic E-state index is 14.4. The number of likely N-dealkylation sites (N-methyl/N-ethyl adjacent to an activating group) is 1. The number of hydrogen-bond acceptors (Lipinski definition) is 5. The Kier molecular flexibility index (Phi) is 7.14. The van der Waals surface area contributed by atoms with Crippen molar-refractivity contribution < 1.29 is 9.90 Å². The van der Waals surface area contributed by atoms with E-state index in [-0.39, 0.29) is 23.9 Å². The SMILES string of the molecule is CN1C(=O)[C@H](Cc2ccccc2)N(C2(O)CCCC[C@@H]2C2c3ccccc3Sc3ccccc32)[C@@H]1c1cc2ccccc2s1. The predicted molar refractivity (Wildman–Crippen MR) is 179 cm³/mol. The van der Waals surface area contributed by atoms with Crippen LogP contribution in [-0.2, 0) is 11.2 Å². The van der Waals surface area contributed by atoms with E-state index in [1.807, 2.05) is 41.9 Å². The summed E-state index contributed by atoms with van der Waals surface area (Å²) >= 11 is 3.57. The van der Waals surface area contributed by atoms with Crippen LogP contribution in [0.25, 0.3) is 10.1 Å². The smallest absolute Gasteiger partial charge is 0.241 e. The number of carbonyl (C=O) groups excluding carboxylic acids is 1. The van der Waals surface area contributed by atoms with Gasteiger partial charge in [0.25, 0.3) is 0 Å². The molecule has 222 valence electrons. The van der Waals surface area contributed by atoms with Gasteiger partial charge < -0.3 is 10.0 Å². The first-order chi connectivity index (χ1) is 21.5. The molecule has 3 aliphatic rings. The molecule has 2 aliphatic heterocycles. The lowest BCUT2D eigenvalue weighted by Gasteiger charge is -2.53. The maximum atomic E-state index is 14.4. The van der Waals surface area contributed by atoms with E-state index >= 15 is 0 Å². The minimum absolute atomic E-state index is 0.0374. The van der Waals surface area contributed by atoms with Gasteiger partial charge in [-0.2, -0.15) is 0 Å². The maximum Gasteiger partial charge on any atom is 0.241 e. The third-order valence-electron chi connectivity index (χ3n) is 10.1. The Balaban J connectivity index is 1.31. The number of nitrogens with zero attached hydrogens (tertiary/aromatic N) is 2. The van der Waals surface area contributed by atoms with Crippen LogP contribution in [-0.4, -0.2) is 39.6 Å². The van der Waals surface area contributed by atoms with Crippen LogP contribution in [0.4, 0.5) is 0 Å². The average molecular weight is 617 g/mol. The Morgan fingerprint density at radius 1 is 0.841 bits per heavy atom. The third-order valence-corrected chi connectivity index (χ3v) is 12.4. The molecule has 4 atom stereocenters. The van der Waals surface area contributed by atoms with Crippen molar-refractivity contribution in [3.63, 3.8) is 0 Å². The van der Waals surface area contributed by atoms with Gasteiger partial charge in [0, 0.05) is 38.3 Å². The van der Waals surface area contributed by atoms with Crippen LogP contribution in [0.2, 0.25) is 0 Å². The molecule has 1 amide bonds. The summed E-state index contributed by atoms with van der Waals surface area (Å²) in [5.41, 5.74) is 2.50. The zero-order valence-electron chi connectivity index (χ0n) is 24.8. The first-order valence-electron chi connectivity index (χ1n) is 15.7. The summed E-state index contributed by atoms with van der Waals surface area (Å²) in [5.74, 6) is 0.0401. The second-order valence-corrected chi connectivity index (χ2v) is 14.7. The van der Waals surface area contributed by atoms with Gasteiger partial charge in [-0.25, -0.2) is 4.90 Å². The molecule has 4 aromatic carbocycles. The Morgan fingerprint density at radius 2 is 1.50 bits per heavy atom. The van der Waals surface area contributed by atoms with Gasteiger partial charge in [-0.05, 0) is 72.0 Å². The van der Waals surface area contributed by atoms with Crippen LogP contribution in [0, 0.1) is 5.92 Å². The quantitative estimate of drug-likeness (QED) is 0.215. The number of aliphatic hydroxyl groups is 1. The van der Waals surface area contributed by atoms with Gasteiger partial charge in [0.05, 0.1) is 6.04 Å². The summed E-state index contributed by atoms with van der Waals surface area (Å²) in [6.07, 6.45) is 3.76. The van der Waals surface area contributed by atoms with Gasteiger partial charge in [0.2, 0.25) is 5.91 Å². The zero-order chi connectivity index (χ0) is 29.8. The second-order valence-electron chi connectivity index (χ2n) is 12.5. The van der Waals surface area contributed by atoms with Crippen LogP contribution >= 0.6 is 23.1 Å². The molecule has 0 radical (unpaired) electrons. The molecule has 4 nitrogen and oxygen atoms in total. The highest BCUT2D eigenvalue weighted by molar-refractivity contribution is 7.99. The van der Waals surface area contributed by atoms with Crippen LogP contribution < -0.4 is 0 Å². The van der Waals surface area contributed by atoms with Gasteiger partial charge in [0.1, 0.15) is 11.9 Å². The minimum atomic E-state index is -1.19. The van der Waals surface area contributed by atoms with Crippen LogP contribution in [0.5, 0.6) is 0 Å². The van der Waals surface area contributed by atoms with E-state index in [9.17, 15) is 9.90 Å². The van der Waals surface area contributed by atoms with Crippen molar-refractivity contribution >= 4 is 39.1 Å². The number of fused-ring (bicyclic) bond motifs is 3. The van der Waals surface area contributed by atoms with Crippen molar-refractivity contribution in [2.75, 3.05) is 7.05 Å². The normalized spacial score (nSPS) is 25.7. The molecular formula is C38H36N2O2S2. The summed E-state index contributed by atoms with van der Waals surface area (Å²) in [4.78, 5) is 22.2. The van der Waals surface area contributed by atoms with Crippen molar-refractivity contribution in [2.45, 2.75) is 65.7 Å². The number of carbonyl (C=O) groups is 1. The van der Waals surface area contributed by atoms with Gasteiger partial charge in [-0.15, -0.1) is 11.3 Å². The Bertz CT molecular complexity index is 1760. The summed E-state index contributed by atoms with van der Waals surface area (Å²) in [5, 5.41) is 14.6. The highest BCUT2D eigenvalue weighted by Gasteiger charge is 2.59. The monoisotopic (exact) mass is 616 g/mol. The van der Waals surface area contributed by atoms with Crippen LogP contribution in [0.3, 0.4) is 0 Å². The predicted octanol–water partition coefficient (Wildman–Crippen LogP) is 8.46. The highest BCUT2D eigenvalue weighted by Crippen LogP contribution is 2.57. The molecule has 0 bridgehead atoms. The zero-order valence-corrected chi connectivity index (χ0v) is 26.4. The highest BCUT2D eigenvalue weighted by atomic mass is 32.2. The topological polar surface area (TPSA) is 43.8 Å². The Labute approximate surface area is 267 Å². The lowest BCUT2D eigenvalue weighted by molar-refractivity contribution is -0.199. The van der Waals surface area contributed by atoms with Gasteiger partial charge >= 0.3 is 0 Å². The van der Waals surface area contributed by atoms with E-state index in [1.165, 1.54) is 31.0 Å². The number of benzene rings is 4. The number of amides is 1. The summed E-state index contributed by atoms with van der Waals surface area (Å²) < 4.78 is 1.20. The molecule has 1 saturated heterocycles. The molecule has 1 aliphatic carbocycles. The fraction of sp³-hybridized carbons (Fsp3) is 0.289. The Morgan fingerprint density at radius 3 is 2.23 bits per heavy atom. The molecule has 5 aromatic rings. The van der Waals surface area contributed by atoms with Crippen molar-refractivity contribution in [1.82, 2.24) is 9.80 Å². The molecule has 44 heavy (non-hydrogen) atoms. The van der Waals surface area contributed by atoms with Gasteiger partial charge in [-0.1, -0.05) is 103 Å². The van der Waals surface area contributed by atoms with E-state index in [4.69, 9.17) is 0 Å². The lowest BCUT2D eigenvalue weighted by atomic mass is 9.67. The largest absolute Gasteiger partial charge is 0.375 e. The summed E-state index contributed by atoms with van der Waals surface area (Å²) in [7, 11) is 1.93. The van der Waals surface area contributed by atoms with Crippen molar-refractivity contribution in [3.05, 3.63) is 131 Å². The van der Waals surface area contributed by atoms with Gasteiger partial charge in [-0.3, -0.25) is 4.79 Å². The minimum Gasteiger partial charge on any atom is -0.375 e. The number of rotatable bonds is 5.